The molecule has 19 heavy (non-hydrogen) atoms. The summed E-state index contributed by atoms with van der Waals surface area (Å²) < 4.78 is 0. The molecule has 1 aliphatic rings. The summed E-state index contributed by atoms with van der Waals surface area (Å²) in [7, 11) is 2.05. The number of urea groups is 1. The zero-order valence-electron chi connectivity index (χ0n) is 11.7. The molecule has 1 saturated heterocycles. The number of hydrogen-bond donors (Lipinski definition) is 1. The Kier molecular flexibility index (Phi) is 5.82. The molecule has 0 aromatic carbocycles. The van der Waals surface area contributed by atoms with E-state index in [0.717, 1.165) is 13.0 Å². The molecule has 6 nitrogen and oxygen atoms in total. The lowest BCUT2D eigenvalue weighted by Gasteiger charge is -2.40. The van der Waals surface area contributed by atoms with Gasteiger partial charge in [-0.15, -0.1) is 6.58 Å². The van der Waals surface area contributed by atoms with Gasteiger partial charge in [-0.1, -0.05) is 13.0 Å². The van der Waals surface area contributed by atoms with Crippen LogP contribution >= 0.6 is 0 Å². The number of rotatable bonds is 5. The van der Waals surface area contributed by atoms with Gasteiger partial charge in [-0.05, 0) is 13.5 Å². The number of likely N-dealkylation sites (N-methyl/N-ethyl adjacent to an activating group) is 1. The molecule has 108 valence electrons. The molecule has 0 radical (unpaired) electrons. The van der Waals surface area contributed by atoms with Crippen LogP contribution in [0, 0.1) is 0 Å². The molecule has 0 aromatic heterocycles. The molecule has 0 bridgehead atoms. The highest BCUT2D eigenvalue weighted by Gasteiger charge is 2.29. The predicted octanol–water partition coefficient (Wildman–Crippen LogP) is 0.705. The normalized spacial score (nSPS) is 20.1. The zero-order chi connectivity index (χ0) is 14.4. The molecule has 0 spiro atoms. The van der Waals surface area contributed by atoms with E-state index in [1.165, 1.54) is 4.90 Å². The van der Waals surface area contributed by atoms with Crippen molar-refractivity contribution in [2.45, 2.75) is 19.4 Å². The van der Waals surface area contributed by atoms with Gasteiger partial charge in [-0.25, -0.2) is 4.79 Å². The van der Waals surface area contributed by atoms with Crippen molar-refractivity contribution < 1.29 is 14.7 Å². The first-order valence-electron chi connectivity index (χ1n) is 6.56. The average Bonchev–Trinajstić information content (AvgIpc) is 2.37. The Hall–Kier alpha value is -1.56. The highest BCUT2D eigenvalue weighted by atomic mass is 16.4. The number of carbonyl (C=O) groups excluding carboxylic acids is 1. The molecule has 2 amide bonds. The van der Waals surface area contributed by atoms with Crippen LogP contribution in [-0.2, 0) is 4.79 Å². The number of aliphatic carboxylic acids is 1. The average molecular weight is 269 g/mol. The summed E-state index contributed by atoms with van der Waals surface area (Å²) in [6.45, 7) is 7.74. The molecule has 1 unspecified atom stereocenters. The van der Waals surface area contributed by atoms with Gasteiger partial charge in [0, 0.05) is 32.2 Å². The Labute approximate surface area is 114 Å². The Balaban J connectivity index is 2.68. The van der Waals surface area contributed by atoms with Crippen LogP contribution in [0.25, 0.3) is 0 Å². The molecule has 6 heteroatoms. The fraction of sp³-hybridized carbons (Fsp3) is 0.692. The molecule has 0 aromatic rings. The fourth-order valence-electron chi connectivity index (χ4n) is 2.29. The molecule has 0 aliphatic carbocycles. The van der Waals surface area contributed by atoms with E-state index < -0.39 is 5.97 Å². The van der Waals surface area contributed by atoms with Crippen molar-refractivity contribution in [1.29, 1.82) is 0 Å². The summed E-state index contributed by atoms with van der Waals surface area (Å²) in [6.07, 6.45) is 2.52. The number of carboxylic acids is 1. The van der Waals surface area contributed by atoms with Crippen LogP contribution in [0.15, 0.2) is 12.7 Å². The van der Waals surface area contributed by atoms with E-state index in [2.05, 4.69) is 25.5 Å². The second-order valence-electron chi connectivity index (χ2n) is 4.83. The van der Waals surface area contributed by atoms with Gasteiger partial charge < -0.3 is 14.9 Å². The van der Waals surface area contributed by atoms with Crippen LogP contribution in [0.1, 0.15) is 13.3 Å². The molecule has 1 aliphatic heterocycles. The minimum atomic E-state index is -1.00. The van der Waals surface area contributed by atoms with Crippen LogP contribution in [0.3, 0.4) is 0 Å². The molecule has 1 rings (SSSR count). The van der Waals surface area contributed by atoms with E-state index in [-0.39, 0.29) is 19.1 Å². The standard InChI is InChI=1S/C13H23N3O3/c1-4-6-15(10-12(17)18)13(19)16-8-7-14(3)11(5-2)9-16/h4,11H,1,5-10H2,2-3H3,(H,17,18). The van der Waals surface area contributed by atoms with E-state index in [1.54, 1.807) is 11.0 Å². The molecular weight excluding hydrogens is 246 g/mol. The first-order valence-corrected chi connectivity index (χ1v) is 6.56. The SMILES string of the molecule is C=CCN(CC(=O)O)C(=O)N1CCN(C)C(CC)C1. The number of carboxylic acid groups (broad SMARTS) is 1. The van der Waals surface area contributed by atoms with Gasteiger partial charge in [0.05, 0.1) is 0 Å². The largest absolute Gasteiger partial charge is 0.480 e. The summed E-state index contributed by atoms with van der Waals surface area (Å²) >= 11 is 0. The second-order valence-corrected chi connectivity index (χ2v) is 4.83. The van der Waals surface area contributed by atoms with Crippen LogP contribution in [0.4, 0.5) is 4.79 Å². The quantitative estimate of drug-likeness (QED) is 0.746. The van der Waals surface area contributed by atoms with E-state index in [9.17, 15) is 9.59 Å². The zero-order valence-corrected chi connectivity index (χ0v) is 11.7. The van der Waals surface area contributed by atoms with Crippen molar-refractivity contribution in [1.82, 2.24) is 14.7 Å². The molecular formula is C13H23N3O3. The van der Waals surface area contributed by atoms with Crippen molar-refractivity contribution in [3.05, 3.63) is 12.7 Å². The smallest absolute Gasteiger partial charge is 0.323 e. The van der Waals surface area contributed by atoms with Crippen molar-refractivity contribution >= 4 is 12.0 Å². The Bertz CT molecular complexity index is 346. The summed E-state index contributed by atoms with van der Waals surface area (Å²) in [5, 5.41) is 8.84. The van der Waals surface area contributed by atoms with Gasteiger partial charge in [-0.2, -0.15) is 0 Å². The van der Waals surface area contributed by atoms with Gasteiger partial charge in [-0.3, -0.25) is 9.69 Å². The first kappa shape index (κ1) is 15.5. The van der Waals surface area contributed by atoms with Gasteiger partial charge in [0.2, 0.25) is 0 Å². The second kappa shape index (κ2) is 7.13. The van der Waals surface area contributed by atoms with Gasteiger partial charge in [0.25, 0.3) is 0 Å². The lowest BCUT2D eigenvalue weighted by molar-refractivity contribution is -0.137. The van der Waals surface area contributed by atoms with E-state index in [0.29, 0.717) is 19.1 Å². The van der Waals surface area contributed by atoms with Gasteiger partial charge >= 0.3 is 12.0 Å². The Morgan fingerprint density at radius 2 is 2.16 bits per heavy atom. The molecule has 1 heterocycles. The Morgan fingerprint density at radius 3 is 2.68 bits per heavy atom. The van der Waals surface area contributed by atoms with Gasteiger partial charge in [0.15, 0.2) is 0 Å². The highest BCUT2D eigenvalue weighted by Crippen LogP contribution is 2.12. The maximum atomic E-state index is 12.3. The number of carbonyl (C=O) groups is 2. The number of nitrogens with zero attached hydrogens (tertiary/aromatic N) is 3. The van der Waals surface area contributed by atoms with E-state index >= 15 is 0 Å². The fourth-order valence-corrected chi connectivity index (χ4v) is 2.29. The minimum Gasteiger partial charge on any atom is -0.480 e. The molecule has 1 fully saturated rings. The lowest BCUT2D eigenvalue weighted by atomic mass is 10.1. The maximum absolute atomic E-state index is 12.3. The third-order valence-corrected chi connectivity index (χ3v) is 3.47. The third-order valence-electron chi connectivity index (χ3n) is 3.47. The van der Waals surface area contributed by atoms with E-state index in [1.807, 2.05) is 0 Å². The summed E-state index contributed by atoms with van der Waals surface area (Å²) in [5.41, 5.74) is 0. The van der Waals surface area contributed by atoms with Crippen molar-refractivity contribution in [2.75, 3.05) is 39.8 Å². The summed E-state index contributed by atoms with van der Waals surface area (Å²) in [5.74, 6) is -1.00. The predicted molar refractivity (Wildman–Crippen MR) is 73.1 cm³/mol. The lowest BCUT2D eigenvalue weighted by Crippen LogP contribution is -2.56. The van der Waals surface area contributed by atoms with Crippen LogP contribution in [0.2, 0.25) is 0 Å². The maximum Gasteiger partial charge on any atom is 0.323 e. The van der Waals surface area contributed by atoms with Crippen LogP contribution < -0.4 is 0 Å². The summed E-state index contributed by atoms with van der Waals surface area (Å²) in [4.78, 5) is 28.4. The van der Waals surface area contributed by atoms with Crippen molar-refractivity contribution in [3.8, 4) is 0 Å². The number of piperazine rings is 1. The summed E-state index contributed by atoms with van der Waals surface area (Å²) in [6, 6.07) is 0.127. The number of hydrogen-bond acceptors (Lipinski definition) is 3. The van der Waals surface area contributed by atoms with E-state index in [4.69, 9.17) is 5.11 Å². The van der Waals surface area contributed by atoms with Crippen LogP contribution in [-0.4, -0.2) is 77.6 Å². The topological polar surface area (TPSA) is 64.1 Å². The van der Waals surface area contributed by atoms with Crippen molar-refractivity contribution in [2.24, 2.45) is 0 Å². The first-order chi connectivity index (χ1) is 8.99. The molecule has 1 atom stereocenters. The number of amides is 2. The molecule has 1 N–H and O–H groups in total. The Morgan fingerprint density at radius 1 is 1.47 bits per heavy atom. The highest BCUT2D eigenvalue weighted by molar-refractivity contribution is 5.80. The monoisotopic (exact) mass is 269 g/mol. The molecule has 0 saturated carbocycles. The van der Waals surface area contributed by atoms with Crippen LogP contribution in [0.5, 0.6) is 0 Å². The third kappa shape index (κ3) is 4.24. The van der Waals surface area contributed by atoms with Crippen molar-refractivity contribution in [3.63, 3.8) is 0 Å². The van der Waals surface area contributed by atoms with Gasteiger partial charge in [0.1, 0.15) is 6.54 Å². The minimum absolute atomic E-state index is 0.214.